The first-order valence-corrected chi connectivity index (χ1v) is 9.55. The molecule has 1 fully saturated rings. The van der Waals surface area contributed by atoms with Crippen molar-refractivity contribution in [2.75, 3.05) is 26.3 Å². The number of hydrogen-bond acceptors (Lipinski definition) is 4. The SMILES string of the molecule is O=C([C@H](NS(=O)(=O)c1ccccc1)c1ccccc1)N1CCOCC1. The van der Waals surface area contributed by atoms with E-state index in [1.807, 2.05) is 6.07 Å². The number of nitrogens with zero attached hydrogens (tertiary/aromatic N) is 1. The van der Waals surface area contributed by atoms with E-state index in [0.29, 0.717) is 31.9 Å². The van der Waals surface area contributed by atoms with E-state index in [2.05, 4.69) is 4.72 Å². The van der Waals surface area contributed by atoms with E-state index in [0.717, 1.165) is 0 Å². The van der Waals surface area contributed by atoms with E-state index in [1.54, 1.807) is 47.4 Å². The first-order valence-electron chi connectivity index (χ1n) is 8.07. The fourth-order valence-corrected chi connectivity index (χ4v) is 3.89. The van der Waals surface area contributed by atoms with Gasteiger partial charge >= 0.3 is 0 Å². The molecular formula is C18H20N2O4S. The lowest BCUT2D eigenvalue weighted by Crippen LogP contribution is -2.47. The summed E-state index contributed by atoms with van der Waals surface area (Å²) in [6.07, 6.45) is 0. The van der Waals surface area contributed by atoms with Crippen molar-refractivity contribution in [3.8, 4) is 0 Å². The largest absolute Gasteiger partial charge is 0.378 e. The Morgan fingerprint density at radius 3 is 2.12 bits per heavy atom. The highest BCUT2D eigenvalue weighted by molar-refractivity contribution is 7.89. The molecule has 0 radical (unpaired) electrons. The van der Waals surface area contributed by atoms with E-state index in [4.69, 9.17) is 4.74 Å². The third-order valence-electron chi connectivity index (χ3n) is 4.03. The number of benzene rings is 2. The third kappa shape index (κ3) is 4.25. The van der Waals surface area contributed by atoms with Crippen LogP contribution in [0.15, 0.2) is 65.6 Å². The number of hydrogen-bond donors (Lipinski definition) is 1. The van der Waals surface area contributed by atoms with Crippen LogP contribution in [0.4, 0.5) is 0 Å². The van der Waals surface area contributed by atoms with Crippen molar-refractivity contribution in [2.24, 2.45) is 0 Å². The Morgan fingerprint density at radius 2 is 1.52 bits per heavy atom. The van der Waals surface area contributed by atoms with Crippen LogP contribution in [-0.4, -0.2) is 45.5 Å². The minimum Gasteiger partial charge on any atom is -0.378 e. The van der Waals surface area contributed by atoms with Crippen LogP contribution in [0.1, 0.15) is 11.6 Å². The Balaban J connectivity index is 1.90. The summed E-state index contributed by atoms with van der Waals surface area (Å²) in [7, 11) is -3.82. The zero-order valence-corrected chi connectivity index (χ0v) is 14.5. The van der Waals surface area contributed by atoms with Crippen molar-refractivity contribution in [2.45, 2.75) is 10.9 Å². The molecule has 0 saturated carbocycles. The maximum absolute atomic E-state index is 13.0. The maximum atomic E-state index is 13.0. The predicted molar refractivity (Wildman–Crippen MR) is 93.3 cm³/mol. The summed E-state index contributed by atoms with van der Waals surface area (Å²) in [5.74, 6) is -0.269. The van der Waals surface area contributed by atoms with Crippen LogP contribution in [0.2, 0.25) is 0 Å². The Hall–Kier alpha value is -2.22. The molecule has 1 aliphatic rings. The van der Waals surface area contributed by atoms with Crippen LogP contribution in [-0.2, 0) is 19.6 Å². The molecule has 0 unspecified atom stereocenters. The van der Waals surface area contributed by atoms with Crippen molar-refractivity contribution >= 4 is 15.9 Å². The monoisotopic (exact) mass is 360 g/mol. The van der Waals surface area contributed by atoms with Gasteiger partial charge in [-0.15, -0.1) is 0 Å². The van der Waals surface area contributed by atoms with Gasteiger partial charge < -0.3 is 9.64 Å². The van der Waals surface area contributed by atoms with Crippen LogP contribution in [0.5, 0.6) is 0 Å². The lowest BCUT2D eigenvalue weighted by molar-refractivity contribution is -0.137. The van der Waals surface area contributed by atoms with E-state index in [1.165, 1.54) is 12.1 Å². The molecule has 1 aliphatic heterocycles. The Bertz CT molecular complexity index is 803. The quantitative estimate of drug-likeness (QED) is 0.878. The minimum absolute atomic E-state index is 0.130. The van der Waals surface area contributed by atoms with Gasteiger partial charge in [-0.25, -0.2) is 8.42 Å². The van der Waals surface area contributed by atoms with Gasteiger partial charge in [0.2, 0.25) is 15.9 Å². The Morgan fingerprint density at radius 1 is 0.960 bits per heavy atom. The topological polar surface area (TPSA) is 75.7 Å². The average Bonchev–Trinajstić information content (AvgIpc) is 2.68. The standard InChI is InChI=1S/C18H20N2O4S/c21-18(20-11-13-24-14-12-20)17(15-7-3-1-4-8-15)19-25(22,23)16-9-5-2-6-10-16/h1-10,17,19H,11-14H2/t17-/m1/s1. The van der Waals surface area contributed by atoms with Crippen molar-refractivity contribution < 1.29 is 17.9 Å². The molecule has 1 N–H and O–H groups in total. The van der Waals surface area contributed by atoms with Gasteiger partial charge in [-0.2, -0.15) is 4.72 Å². The second-order valence-corrected chi connectivity index (χ2v) is 7.43. The number of morpholine rings is 1. The smallest absolute Gasteiger partial charge is 0.245 e. The fourth-order valence-electron chi connectivity index (χ4n) is 2.70. The summed E-state index contributed by atoms with van der Waals surface area (Å²) in [5, 5.41) is 0. The second-order valence-electron chi connectivity index (χ2n) is 5.72. The second kappa shape index (κ2) is 7.77. The molecule has 3 rings (SSSR count). The van der Waals surface area contributed by atoms with Gasteiger partial charge in [0.25, 0.3) is 0 Å². The molecule has 132 valence electrons. The highest BCUT2D eigenvalue weighted by atomic mass is 32.2. The van der Waals surface area contributed by atoms with Gasteiger partial charge in [0.05, 0.1) is 18.1 Å². The molecule has 0 spiro atoms. The molecule has 2 aromatic rings. The van der Waals surface area contributed by atoms with Crippen LogP contribution < -0.4 is 4.72 Å². The molecule has 1 amide bonds. The molecule has 7 heteroatoms. The van der Waals surface area contributed by atoms with Gasteiger partial charge in [0.1, 0.15) is 6.04 Å². The Kier molecular flexibility index (Phi) is 5.47. The minimum atomic E-state index is -3.82. The molecule has 0 aromatic heterocycles. The number of sulfonamides is 1. The molecule has 1 heterocycles. The summed E-state index contributed by atoms with van der Waals surface area (Å²) < 4.78 is 33.2. The van der Waals surface area contributed by atoms with E-state index >= 15 is 0 Å². The summed E-state index contributed by atoms with van der Waals surface area (Å²) in [6.45, 7) is 1.82. The number of amides is 1. The van der Waals surface area contributed by atoms with Crippen LogP contribution in [0.25, 0.3) is 0 Å². The summed E-state index contributed by atoms with van der Waals surface area (Å²) >= 11 is 0. The zero-order valence-electron chi connectivity index (χ0n) is 13.7. The highest BCUT2D eigenvalue weighted by Crippen LogP contribution is 2.20. The number of rotatable bonds is 5. The van der Waals surface area contributed by atoms with E-state index < -0.39 is 16.1 Å². The summed E-state index contributed by atoms with van der Waals surface area (Å²) in [6, 6.07) is 16.0. The molecule has 2 aromatic carbocycles. The zero-order chi connectivity index (χ0) is 17.7. The van der Waals surface area contributed by atoms with Gasteiger partial charge in [0.15, 0.2) is 0 Å². The summed E-state index contributed by atoms with van der Waals surface area (Å²) in [4.78, 5) is 14.7. The van der Waals surface area contributed by atoms with Gasteiger partial charge in [-0.3, -0.25) is 4.79 Å². The van der Waals surface area contributed by atoms with E-state index in [9.17, 15) is 13.2 Å². The van der Waals surface area contributed by atoms with Crippen molar-refractivity contribution in [3.63, 3.8) is 0 Å². The lowest BCUT2D eigenvalue weighted by atomic mass is 10.1. The van der Waals surface area contributed by atoms with Crippen molar-refractivity contribution in [3.05, 3.63) is 66.2 Å². The first-order chi connectivity index (χ1) is 12.1. The van der Waals surface area contributed by atoms with Crippen LogP contribution in [0, 0.1) is 0 Å². The molecule has 1 atom stereocenters. The molecule has 1 saturated heterocycles. The molecule has 25 heavy (non-hydrogen) atoms. The maximum Gasteiger partial charge on any atom is 0.245 e. The predicted octanol–water partition coefficient (Wildman–Crippen LogP) is 1.56. The normalized spacial score (nSPS) is 16.4. The lowest BCUT2D eigenvalue weighted by Gasteiger charge is -2.30. The first kappa shape index (κ1) is 17.6. The number of carbonyl (C=O) groups excluding carboxylic acids is 1. The molecular weight excluding hydrogens is 340 g/mol. The average molecular weight is 360 g/mol. The molecule has 6 nitrogen and oxygen atoms in total. The van der Waals surface area contributed by atoms with Gasteiger partial charge in [0, 0.05) is 13.1 Å². The van der Waals surface area contributed by atoms with Crippen molar-refractivity contribution in [1.29, 1.82) is 0 Å². The fraction of sp³-hybridized carbons (Fsp3) is 0.278. The number of nitrogens with one attached hydrogen (secondary N) is 1. The number of carbonyl (C=O) groups is 1. The van der Waals surface area contributed by atoms with Gasteiger partial charge in [-0.1, -0.05) is 48.5 Å². The van der Waals surface area contributed by atoms with E-state index in [-0.39, 0.29) is 10.8 Å². The third-order valence-corrected chi connectivity index (χ3v) is 5.47. The number of ether oxygens (including phenoxy) is 1. The summed E-state index contributed by atoms with van der Waals surface area (Å²) in [5.41, 5.74) is 0.610. The van der Waals surface area contributed by atoms with Gasteiger partial charge in [-0.05, 0) is 17.7 Å². The van der Waals surface area contributed by atoms with Crippen LogP contribution >= 0.6 is 0 Å². The van der Waals surface area contributed by atoms with Crippen molar-refractivity contribution in [1.82, 2.24) is 9.62 Å². The van der Waals surface area contributed by atoms with Crippen LogP contribution in [0.3, 0.4) is 0 Å². The Labute approximate surface area is 147 Å². The highest BCUT2D eigenvalue weighted by Gasteiger charge is 2.31. The molecule has 0 aliphatic carbocycles. The molecule has 0 bridgehead atoms.